The van der Waals surface area contributed by atoms with Crippen molar-refractivity contribution in [1.29, 1.82) is 0 Å². The number of hydrogen-bond donors (Lipinski definition) is 1. The second kappa shape index (κ2) is 5.29. The van der Waals surface area contributed by atoms with Crippen LogP contribution in [0.2, 0.25) is 5.02 Å². The lowest BCUT2D eigenvalue weighted by molar-refractivity contribution is 0.619. The molecule has 5 heteroatoms. The van der Waals surface area contributed by atoms with Crippen LogP contribution in [0.25, 0.3) is 11.0 Å². The number of fused-ring (bicyclic) bond motifs is 1. The molecular weight excluding hydrogens is 262 g/mol. The van der Waals surface area contributed by atoms with Gasteiger partial charge in [-0.05, 0) is 25.0 Å². The third kappa shape index (κ3) is 2.50. The van der Waals surface area contributed by atoms with Crippen molar-refractivity contribution in [3.05, 3.63) is 27.6 Å². The molecule has 0 aliphatic heterocycles. The fourth-order valence-electron chi connectivity index (χ4n) is 2.40. The molecule has 0 bridgehead atoms. The predicted octanol–water partition coefficient (Wildman–Crippen LogP) is 3.00. The molecule has 0 atom stereocenters. The van der Waals surface area contributed by atoms with Crippen LogP contribution in [0.4, 0.5) is 5.69 Å². The quantitative estimate of drug-likeness (QED) is 0.936. The van der Waals surface area contributed by atoms with Gasteiger partial charge in [0.15, 0.2) is 0 Å². The summed E-state index contributed by atoms with van der Waals surface area (Å²) in [6, 6.07) is 3.84. The summed E-state index contributed by atoms with van der Waals surface area (Å²) < 4.78 is 1.62. The standard InChI is InChI=1S/C14H20ClN3O/c1-5-18(8-9(2)3)11-7-6-10(15)12-13(11)17(4)14(19)16-12/h6-7,9H,5,8H2,1-4H3,(H,16,19). The molecule has 0 amide bonds. The third-order valence-electron chi connectivity index (χ3n) is 3.29. The summed E-state index contributed by atoms with van der Waals surface area (Å²) in [6.45, 7) is 8.34. The lowest BCUT2D eigenvalue weighted by Crippen LogP contribution is -2.28. The molecule has 104 valence electrons. The predicted molar refractivity (Wildman–Crippen MR) is 81.3 cm³/mol. The maximum atomic E-state index is 11.8. The number of H-pyrrole nitrogens is 1. The van der Waals surface area contributed by atoms with Gasteiger partial charge in [-0.15, -0.1) is 0 Å². The number of anilines is 1. The first-order valence-corrected chi connectivity index (χ1v) is 6.95. The van der Waals surface area contributed by atoms with Crippen molar-refractivity contribution in [3.8, 4) is 0 Å². The van der Waals surface area contributed by atoms with Crippen molar-refractivity contribution in [1.82, 2.24) is 9.55 Å². The van der Waals surface area contributed by atoms with Crippen molar-refractivity contribution in [2.24, 2.45) is 13.0 Å². The van der Waals surface area contributed by atoms with Crippen molar-refractivity contribution < 1.29 is 0 Å². The minimum absolute atomic E-state index is 0.134. The summed E-state index contributed by atoms with van der Waals surface area (Å²) in [4.78, 5) is 16.9. The first kappa shape index (κ1) is 14.0. The zero-order valence-electron chi connectivity index (χ0n) is 11.8. The average Bonchev–Trinajstić information content (AvgIpc) is 2.65. The van der Waals surface area contributed by atoms with Gasteiger partial charge in [-0.2, -0.15) is 0 Å². The van der Waals surface area contributed by atoms with E-state index in [0.29, 0.717) is 16.5 Å². The summed E-state index contributed by atoms with van der Waals surface area (Å²) in [5, 5.41) is 0.581. The number of nitrogens with one attached hydrogen (secondary N) is 1. The lowest BCUT2D eigenvalue weighted by atomic mass is 10.1. The Morgan fingerprint density at radius 3 is 2.68 bits per heavy atom. The van der Waals surface area contributed by atoms with E-state index in [1.54, 1.807) is 11.6 Å². The molecule has 2 aromatic rings. The van der Waals surface area contributed by atoms with Crippen LogP contribution in [-0.2, 0) is 7.05 Å². The molecule has 4 nitrogen and oxygen atoms in total. The smallest absolute Gasteiger partial charge is 0.326 e. The third-order valence-corrected chi connectivity index (χ3v) is 3.60. The number of imidazole rings is 1. The molecule has 19 heavy (non-hydrogen) atoms. The Bertz CT molecular complexity index is 642. The Kier molecular flexibility index (Phi) is 3.90. The van der Waals surface area contributed by atoms with E-state index < -0.39 is 0 Å². The number of aromatic amines is 1. The van der Waals surface area contributed by atoms with Gasteiger partial charge in [-0.25, -0.2) is 4.79 Å². The summed E-state index contributed by atoms with van der Waals surface area (Å²) in [5.41, 5.74) is 2.51. The van der Waals surface area contributed by atoms with Gasteiger partial charge >= 0.3 is 5.69 Å². The Morgan fingerprint density at radius 1 is 1.42 bits per heavy atom. The van der Waals surface area contributed by atoms with Crippen LogP contribution in [0, 0.1) is 5.92 Å². The maximum absolute atomic E-state index is 11.8. The van der Waals surface area contributed by atoms with Gasteiger partial charge < -0.3 is 9.88 Å². The van der Waals surface area contributed by atoms with Crippen molar-refractivity contribution in [2.45, 2.75) is 20.8 Å². The largest absolute Gasteiger partial charge is 0.370 e. The van der Waals surface area contributed by atoms with Crippen LogP contribution in [0.1, 0.15) is 20.8 Å². The summed E-state index contributed by atoms with van der Waals surface area (Å²) >= 11 is 6.17. The van der Waals surface area contributed by atoms with E-state index in [-0.39, 0.29) is 5.69 Å². The van der Waals surface area contributed by atoms with Gasteiger partial charge in [-0.3, -0.25) is 4.57 Å². The molecule has 0 unspecified atom stereocenters. The fourth-order valence-corrected chi connectivity index (χ4v) is 2.60. The van der Waals surface area contributed by atoms with Gasteiger partial charge in [0.1, 0.15) is 0 Å². The lowest BCUT2D eigenvalue weighted by Gasteiger charge is -2.26. The minimum Gasteiger partial charge on any atom is -0.370 e. The highest BCUT2D eigenvalue weighted by atomic mass is 35.5. The van der Waals surface area contributed by atoms with Crippen LogP contribution in [-0.4, -0.2) is 22.6 Å². The number of nitrogens with zero attached hydrogens (tertiary/aromatic N) is 2. The van der Waals surface area contributed by atoms with Crippen LogP contribution in [0.5, 0.6) is 0 Å². The maximum Gasteiger partial charge on any atom is 0.326 e. The first-order valence-electron chi connectivity index (χ1n) is 6.57. The monoisotopic (exact) mass is 281 g/mol. The van der Waals surface area contributed by atoms with Crippen LogP contribution < -0.4 is 10.6 Å². The molecule has 0 saturated carbocycles. The van der Waals surface area contributed by atoms with Crippen molar-refractivity contribution in [3.63, 3.8) is 0 Å². The molecule has 1 N–H and O–H groups in total. The van der Waals surface area contributed by atoms with Crippen molar-refractivity contribution >= 4 is 28.3 Å². The van der Waals surface area contributed by atoms with Gasteiger partial charge in [0.2, 0.25) is 0 Å². The highest BCUT2D eigenvalue weighted by Crippen LogP contribution is 2.30. The second-order valence-electron chi connectivity index (χ2n) is 5.21. The fraction of sp³-hybridized carbons (Fsp3) is 0.500. The second-order valence-corrected chi connectivity index (χ2v) is 5.62. The molecule has 1 aromatic carbocycles. The zero-order valence-corrected chi connectivity index (χ0v) is 12.6. The van der Waals surface area contributed by atoms with E-state index in [1.165, 1.54) is 0 Å². The molecule has 2 rings (SSSR count). The van der Waals surface area contributed by atoms with E-state index in [2.05, 4.69) is 30.7 Å². The summed E-state index contributed by atoms with van der Waals surface area (Å²) in [5.74, 6) is 0.557. The van der Waals surface area contributed by atoms with Gasteiger partial charge in [0, 0.05) is 20.1 Å². The highest BCUT2D eigenvalue weighted by molar-refractivity contribution is 6.35. The molecule has 0 saturated heterocycles. The van der Waals surface area contributed by atoms with Gasteiger partial charge in [0.05, 0.1) is 21.7 Å². The zero-order chi connectivity index (χ0) is 14.2. The Labute approximate surface area is 118 Å². The average molecular weight is 282 g/mol. The van der Waals surface area contributed by atoms with Gasteiger partial charge in [0.25, 0.3) is 0 Å². The highest BCUT2D eigenvalue weighted by Gasteiger charge is 2.16. The Morgan fingerprint density at radius 2 is 2.11 bits per heavy atom. The number of aryl methyl sites for hydroxylation is 1. The van der Waals surface area contributed by atoms with Gasteiger partial charge in [-0.1, -0.05) is 25.4 Å². The minimum atomic E-state index is -0.134. The molecule has 1 aromatic heterocycles. The Balaban J connectivity index is 2.66. The molecule has 1 heterocycles. The molecule has 0 aliphatic rings. The number of aromatic nitrogens is 2. The van der Waals surface area contributed by atoms with Crippen LogP contribution in [0.3, 0.4) is 0 Å². The SMILES string of the molecule is CCN(CC(C)C)c1ccc(Cl)c2[nH]c(=O)n(C)c12. The van der Waals surface area contributed by atoms with Crippen LogP contribution >= 0.6 is 11.6 Å². The summed E-state index contributed by atoms with van der Waals surface area (Å²) in [6.07, 6.45) is 0. The number of rotatable bonds is 4. The number of benzene rings is 1. The normalized spacial score (nSPS) is 11.5. The van der Waals surface area contributed by atoms with E-state index in [0.717, 1.165) is 24.3 Å². The van der Waals surface area contributed by atoms with Crippen LogP contribution in [0.15, 0.2) is 16.9 Å². The summed E-state index contributed by atoms with van der Waals surface area (Å²) in [7, 11) is 1.77. The molecule has 0 spiro atoms. The van der Waals surface area contributed by atoms with E-state index >= 15 is 0 Å². The number of hydrogen-bond acceptors (Lipinski definition) is 2. The number of halogens is 1. The molecular formula is C14H20ClN3O. The topological polar surface area (TPSA) is 41.0 Å². The molecule has 0 aliphatic carbocycles. The molecule has 0 fully saturated rings. The Hall–Kier alpha value is -1.42. The van der Waals surface area contributed by atoms with Crippen molar-refractivity contribution in [2.75, 3.05) is 18.0 Å². The first-order chi connectivity index (χ1) is 8.95. The van der Waals surface area contributed by atoms with E-state index in [9.17, 15) is 4.79 Å². The van der Waals surface area contributed by atoms with E-state index in [1.807, 2.05) is 12.1 Å². The molecule has 0 radical (unpaired) electrons. The van der Waals surface area contributed by atoms with E-state index in [4.69, 9.17) is 11.6 Å².